The Kier molecular flexibility index (Phi) is 7.11. The topological polar surface area (TPSA) is 21.3 Å². The van der Waals surface area contributed by atoms with Gasteiger partial charge in [0.15, 0.2) is 0 Å². The molecule has 0 saturated carbocycles. The molecule has 0 saturated heterocycles. The molecule has 0 spiro atoms. The zero-order valence-electron chi connectivity index (χ0n) is 13.1. The highest BCUT2D eigenvalue weighted by atomic mass is 16.5. The minimum atomic E-state index is 0.305. The molecule has 2 nitrogen and oxygen atoms in total. The quantitative estimate of drug-likeness (QED) is 0.765. The Balaban J connectivity index is 2.71. The first-order valence-electron chi connectivity index (χ1n) is 7.42. The molecule has 19 heavy (non-hydrogen) atoms. The fraction of sp³-hybridized carbons (Fsp3) is 0.647. The fourth-order valence-corrected chi connectivity index (χ4v) is 2.22. The average molecular weight is 263 g/mol. The van der Waals surface area contributed by atoms with Crippen molar-refractivity contribution >= 4 is 0 Å². The van der Waals surface area contributed by atoms with Crippen LogP contribution in [0.5, 0.6) is 0 Å². The van der Waals surface area contributed by atoms with Gasteiger partial charge >= 0.3 is 0 Å². The Bertz CT molecular complexity index is 374. The molecule has 1 N–H and O–H groups in total. The van der Waals surface area contributed by atoms with Crippen molar-refractivity contribution in [1.82, 2.24) is 5.32 Å². The van der Waals surface area contributed by atoms with Crippen molar-refractivity contribution in [3.63, 3.8) is 0 Å². The van der Waals surface area contributed by atoms with E-state index in [9.17, 15) is 0 Å². The van der Waals surface area contributed by atoms with E-state index in [1.807, 2.05) is 0 Å². The first kappa shape index (κ1) is 16.2. The molecule has 0 aliphatic rings. The summed E-state index contributed by atoms with van der Waals surface area (Å²) >= 11 is 0. The summed E-state index contributed by atoms with van der Waals surface area (Å²) in [7, 11) is 0. The highest BCUT2D eigenvalue weighted by Gasteiger charge is 2.13. The Labute approximate surface area is 118 Å². The summed E-state index contributed by atoms with van der Waals surface area (Å²) in [4.78, 5) is 0. The Hall–Kier alpha value is -0.860. The molecule has 0 fully saturated rings. The van der Waals surface area contributed by atoms with Gasteiger partial charge in [-0.3, -0.25) is 0 Å². The van der Waals surface area contributed by atoms with Gasteiger partial charge in [-0.25, -0.2) is 0 Å². The maximum absolute atomic E-state index is 5.83. The van der Waals surface area contributed by atoms with Crippen LogP contribution in [0.15, 0.2) is 18.2 Å². The molecule has 108 valence electrons. The van der Waals surface area contributed by atoms with Crippen LogP contribution in [0.2, 0.25) is 0 Å². The lowest BCUT2D eigenvalue weighted by Crippen LogP contribution is -2.27. The molecule has 1 atom stereocenters. The van der Waals surface area contributed by atoms with Gasteiger partial charge in [0.2, 0.25) is 0 Å². The summed E-state index contributed by atoms with van der Waals surface area (Å²) in [6.45, 7) is 13.5. The van der Waals surface area contributed by atoms with Crippen LogP contribution in [0.1, 0.15) is 49.9 Å². The molecule has 0 heterocycles. The standard InChI is InChI=1S/C17H29NO/c1-6-9-18-17(12-19-11-13(2)3)16-8-7-14(4)10-15(16)5/h7-8,10,13,17-18H,6,9,11-12H2,1-5H3. The van der Waals surface area contributed by atoms with E-state index in [0.717, 1.165) is 26.2 Å². The van der Waals surface area contributed by atoms with E-state index in [0.29, 0.717) is 12.0 Å². The molecule has 0 amide bonds. The van der Waals surface area contributed by atoms with Crippen molar-refractivity contribution in [3.8, 4) is 0 Å². The Morgan fingerprint density at radius 2 is 1.89 bits per heavy atom. The molecule has 0 aromatic heterocycles. The maximum Gasteiger partial charge on any atom is 0.0661 e. The molecule has 0 aliphatic heterocycles. The van der Waals surface area contributed by atoms with Gasteiger partial charge in [0.05, 0.1) is 12.6 Å². The van der Waals surface area contributed by atoms with E-state index in [2.05, 4.69) is 58.1 Å². The van der Waals surface area contributed by atoms with Gasteiger partial charge < -0.3 is 10.1 Å². The van der Waals surface area contributed by atoms with Crippen molar-refractivity contribution in [2.75, 3.05) is 19.8 Å². The lowest BCUT2D eigenvalue weighted by molar-refractivity contribution is 0.0900. The summed E-state index contributed by atoms with van der Waals surface area (Å²) in [5, 5.41) is 3.59. The molecule has 0 bridgehead atoms. The van der Waals surface area contributed by atoms with Gasteiger partial charge in [0.25, 0.3) is 0 Å². The van der Waals surface area contributed by atoms with E-state index in [1.54, 1.807) is 0 Å². The van der Waals surface area contributed by atoms with Gasteiger partial charge in [0, 0.05) is 6.61 Å². The minimum absolute atomic E-state index is 0.305. The smallest absolute Gasteiger partial charge is 0.0661 e. The Morgan fingerprint density at radius 3 is 2.47 bits per heavy atom. The number of hydrogen-bond donors (Lipinski definition) is 1. The first-order valence-corrected chi connectivity index (χ1v) is 7.42. The summed E-state index contributed by atoms with van der Waals surface area (Å²) in [5.41, 5.74) is 4.03. The number of ether oxygens (including phenoxy) is 1. The van der Waals surface area contributed by atoms with Crippen LogP contribution >= 0.6 is 0 Å². The van der Waals surface area contributed by atoms with Gasteiger partial charge in [-0.2, -0.15) is 0 Å². The number of rotatable bonds is 8. The molecule has 1 aromatic carbocycles. The lowest BCUT2D eigenvalue weighted by Gasteiger charge is -2.22. The minimum Gasteiger partial charge on any atom is -0.379 e. The third-order valence-corrected chi connectivity index (χ3v) is 3.18. The highest BCUT2D eigenvalue weighted by Crippen LogP contribution is 2.19. The number of benzene rings is 1. The van der Waals surface area contributed by atoms with Crippen LogP contribution in [0.3, 0.4) is 0 Å². The SMILES string of the molecule is CCCNC(COCC(C)C)c1ccc(C)cc1C. The second-order valence-electron chi connectivity index (χ2n) is 5.80. The van der Waals surface area contributed by atoms with Gasteiger partial charge in [-0.05, 0) is 43.9 Å². The van der Waals surface area contributed by atoms with Crippen molar-refractivity contribution in [2.45, 2.75) is 47.1 Å². The van der Waals surface area contributed by atoms with Crippen LogP contribution in [-0.4, -0.2) is 19.8 Å². The predicted octanol–water partition coefficient (Wildman–Crippen LogP) is 4.02. The molecule has 0 radical (unpaired) electrons. The second-order valence-corrected chi connectivity index (χ2v) is 5.80. The van der Waals surface area contributed by atoms with Crippen LogP contribution in [0.4, 0.5) is 0 Å². The third-order valence-electron chi connectivity index (χ3n) is 3.18. The van der Waals surface area contributed by atoms with Crippen LogP contribution < -0.4 is 5.32 Å². The van der Waals surface area contributed by atoms with Crippen LogP contribution in [-0.2, 0) is 4.74 Å². The number of nitrogens with one attached hydrogen (secondary N) is 1. The van der Waals surface area contributed by atoms with Gasteiger partial charge in [-0.15, -0.1) is 0 Å². The average Bonchev–Trinajstić information content (AvgIpc) is 2.34. The lowest BCUT2D eigenvalue weighted by atomic mass is 9.99. The zero-order valence-corrected chi connectivity index (χ0v) is 13.1. The molecule has 0 aliphatic carbocycles. The van der Waals surface area contributed by atoms with Crippen LogP contribution in [0, 0.1) is 19.8 Å². The second kappa shape index (κ2) is 8.34. The maximum atomic E-state index is 5.83. The normalized spacial score (nSPS) is 12.9. The largest absolute Gasteiger partial charge is 0.379 e. The van der Waals surface area contributed by atoms with Crippen molar-refractivity contribution < 1.29 is 4.74 Å². The van der Waals surface area contributed by atoms with Crippen LogP contribution in [0.25, 0.3) is 0 Å². The van der Waals surface area contributed by atoms with E-state index < -0.39 is 0 Å². The predicted molar refractivity (Wildman–Crippen MR) is 82.6 cm³/mol. The monoisotopic (exact) mass is 263 g/mol. The summed E-state index contributed by atoms with van der Waals surface area (Å²) < 4.78 is 5.83. The molecular formula is C17H29NO. The Morgan fingerprint density at radius 1 is 1.16 bits per heavy atom. The number of aryl methyl sites for hydroxylation is 2. The zero-order chi connectivity index (χ0) is 14.3. The fourth-order valence-electron chi connectivity index (χ4n) is 2.22. The third kappa shape index (κ3) is 5.75. The van der Waals surface area contributed by atoms with Gasteiger partial charge in [0.1, 0.15) is 0 Å². The van der Waals surface area contributed by atoms with E-state index >= 15 is 0 Å². The van der Waals surface area contributed by atoms with E-state index in [1.165, 1.54) is 16.7 Å². The molecule has 1 unspecified atom stereocenters. The summed E-state index contributed by atoms with van der Waals surface area (Å²) in [5.74, 6) is 0.589. The van der Waals surface area contributed by atoms with Crippen molar-refractivity contribution in [1.29, 1.82) is 0 Å². The molecule has 1 rings (SSSR count). The molecule has 2 heteroatoms. The van der Waals surface area contributed by atoms with Crippen molar-refractivity contribution in [2.24, 2.45) is 5.92 Å². The van der Waals surface area contributed by atoms with E-state index in [4.69, 9.17) is 4.74 Å². The molecule has 1 aromatic rings. The summed E-state index contributed by atoms with van der Waals surface area (Å²) in [6, 6.07) is 6.97. The van der Waals surface area contributed by atoms with E-state index in [-0.39, 0.29) is 0 Å². The highest BCUT2D eigenvalue weighted by molar-refractivity contribution is 5.32. The first-order chi connectivity index (χ1) is 9.04. The summed E-state index contributed by atoms with van der Waals surface area (Å²) in [6.07, 6.45) is 1.14. The van der Waals surface area contributed by atoms with Gasteiger partial charge in [-0.1, -0.05) is 44.5 Å². The molecular weight excluding hydrogens is 234 g/mol. The number of hydrogen-bond acceptors (Lipinski definition) is 2. The van der Waals surface area contributed by atoms with Crippen molar-refractivity contribution in [3.05, 3.63) is 34.9 Å².